The number of carbonyl (C=O) groups excluding carboxylic acids is 1. The molecule has 1 amide bonds. The smallest absolute Gasteiger partial charge is 0.226 e. The third-order valence-corrected chi connectivity index (χ3v) is 4.70. The molecule has 1 aliphatic rings. The Hall–Kier alpha value is -0.0500. The molecule has 0 radical (unpaired) electrons. The average Bonchev–Trinajstić information content (AvgIpc) is 2.21. The van der Waals surface area contributed by atoms with Gasteiger partial charge in [0, 0.05) is 11.4 Å². The van der Waals surface area contributed by atoms with Crippen LogP contribution in [0.25, 0.3) is 0 Å². The van der Waals surface area contributed by atoms with Gasteiger partial charge < -0.3 is 5.32 Å². The zero-order valence-corrected chi connectivity index (χ0v) is 11.6. The first kappa shape index (κ1) is 13.0. The molecule has 0 aliphatic heterocycles. The molecule has 0 aromatic rings. The Morgan fingerprint density at radius 2 is 1.87 bits per heavy atom. The third kappa shape index (κ3) is 3.78. The average molecular weight is 276 g/mol. The molecule has 0 aromatic carbocycles. The van der Waals surface area contributed by atoms with E-state index in [2.05, 4.69) is 28.2 Å². The van der Waals surface area contributed by atoms with E-state index in [-0.39, 0.29) is 11.3 Å². The minimum Gasteiger partial charge on any atom is -0.353 e. The Labute approximate surface area is 101 Å². The molecule has 1 N–H and O–H groups in total. The summed E-state index contributed by atoms with van der Waals surface area (Å²) in [6, 6.07) is 0.409. The topological polar surface area (TPSA) is 29.1 Å². The van der Waals surface area contributed by atoms with E-state index >= 15 is 0 Å². The predicted molar refractivity (Wildman–Crippen MR) is 67.1 cm³/mol. The summed E-state index contributed by atoms with van der Waals surface area (Å²) in [5, 5.41) is 3.88. The molecule has 0 saturated heterocycles. The molecule has 1 fully saturated rings. The van der Waals surface area contributed by atoms with Crippen LogP contribution in [0.1, 0.15) is 46.5 Å². The predicted octanol–water partition coefficient (Wildman–Crippen LogP) is 3.10. The van der Waals surface area contributed by atoms with Crippen LogP contribution in [-0.4, -0.2) is 17.3 Å². The van der Waals surface area contributed by atoms with Crippen LogP contribution in [0.4, 0.5) is 0 Å². The first-order valence-electron chi connectivity index (χ1n) is 5.82. The molecule has 3 heteroatoms. The summed E-state index contributed by atoms with van der Waals surface area (Å²) in [6.45, 7) is 6.24. The largest absolute Gasteiger partial charge is 0.353 e. The number of amides is 1. The number of nitrogens with one attached hydrogen (secondary N) is 1. The van der Waals surface area contributed by atoms with Gasteiger partial charge in [0.1, 0.15) is 0 Å². The minimum absolute atomic E-state index is 0.180. The van der Waals surface area contributed by atoms with Gasteiger partial charge in [-0.25, -0.2) is 0 Å². The van der Waals surface area contributed by atoms with E-state index in [4.69, 9.17) is 0 Å². The fraction of sp³-hybridized carbons (Fsp3) is 0.917. The number of hydrogen-bond acceptors (Lipinski definition) is 1. The summed E-state index contributed by atoms with van der Waals surface area (Å²) in [5.41, 5.74) is -0.289. The van der Waals surface area contributed by atoms with Gasteiger partial charge in [-0.05, 0) is 31.6 Å². The van der Waals surface area contributed by atoms with Crippen LogP contribution in [0.5, 0.6) is 0 Å². The van der Waals surface area contributed by atoms with Crippen LogP contribution < -0.4 is 5.32 Å². The molecule has 0 atom stereocenters. The molecule has 1 aliphatic carbocycles. The van der Waals surface area contributed by atoms with Crippen LogP contribution in [-0.2, 0) is 4.79 Å². The van der Waals surface area contributed by atoms with E-state index in [0.29, 0.717) is 6.04 Å². The molecule has 2 nitrogen and oxygen atoms in total. The lowest BCUT2D eigenvalue weighted by molar-refractivity contribution is -0.129. The van der Waals surface area contributed by atoms with Gasteiger partial charge in [0.15, 0.2) is 0 Å². The number of alkyl halides is 1. The quantitative estimate of drug-likeness (QED) is 0.788. The van der Waals surface area contributed by atoms with Crippen molar-refractivity contribution >= 4 is 21.8 Å². The molecule has 88 valence electrons. The maximum absolute atomic E-state index is 11.9. The first-order chi connectivity index (χ1) is 6.95. The van der Waals surface area contributed by atoms with Gasteiger partial charge in [-0.3, -0.25) is 4.79 Å². The van der Waals surface area contributed by atoms with Crippen molar-refractivity contribution in [3.63, 3.8) is 0 Å². The van der Waals surface area contributed by atoms with Crippen molar-refractivity contribution in [1.29, 1.82) is 0 Å². The maximum atomic E-state index is 11.9. The molecule has 1 rings (SSSR count). The van der Waals surface area contributed by atoms with E-state index in [9.17, 15) is 4.79 Å². The molecular weight excluding hydrogens is 254 g/mol. The summed E-state index contributed by atoms with van der Waals surface area (Å²) in [6.07, 6.45) is 4.79. The lowest BCUT2D eigenvalue weighted by Gasteiger charge is -2.30. The van der Waals surface area contributed by atoms with E-state index < -0.39 is 0 Å². The lowest BCUT2D eigenvalue weighted by atomic mass is 9.86. The minimum atomic E-state index is -0.289. The highest BCUT2D eigenvalue weighted by atomic mass is 79.9. The summed E-state index contributed by atoms with van der Waals surface area (Å²) in [7, 11) is 0. The van der Waals surface area contributed by atoms with Gasteiger partial charge in [0.2, 0.25) is 5.91 Å². The Morgan fingerprint density at radius 1 is 1.33 bits per heavy atom. The zero-order valence-electron chi connectivity index (χ0n) is 9.98. The molecule has 15 heavy (non-hydrogen) atoms. The van der Waals surface area contributed by atoms with Gasteiger partial charge in [0.05, 0.1) is 5.41 Å². The van der Waals surface area contributed by atoms with Crippen molar-refractivity contribution in [2.45, 2.75) is 52.5 Å². The van der Waals surface area contributed by atoms with Gasteiger partial charge >= 0.3 is 0 Å². The number of carbonyl (C=O) groups is 1. The molecule has 0 aromatic heterocycles. The SMILES string of the molecule is CC1CCC(NC(=O)C(C)(C)CBr)CC1. The zero-order chi connectivity index (χ0) is 11.5. The van der Waals surface area contributed by atoms with E-state index in [1.165, 1.54) is 12.8 Å². The van der Waals surface area contributed by atoms with Crippen LogP contribution in [0.2, 0.25) is 0 Å². The summed E-state index contributed by atoms with van der Waals surface area (Å²) < 4.78 is 0. The summed E-state index contributed by atoms with van der Waals surface area (Å²) in [4.78, 5) is 11.9. The Balaban J connectivity index is 2.39. The van der Waals surface area contributed by atoms with Crippen molar-refractivity contribution in [3.8, 4) is 0 Å². The Bertz CT molecular complexity index is 220. The third-order valence-electron chi connectivity index (χ3n) is 3.30. The monoisotopic (exact) mass is 275 g/mol. The van der Waals surface area contributed by atoms with Crippen molar-refractivity contribution in [2.75, 3.05) is 5.33 Å². The summed E-state index contributed by atoms with van der Waals surface area (Å²) >= 11 is 3.39. The number of halogens is 1. The van der Waals surface area contributed by atoms with Gasteiger partial charge in [-0.2, -0.15) is 0 Å². The van der Waals surface area contributed by atoms with Gasteiger partial charge in [0.25, 0.3) is 0 Å². The second-order valence-electron chi connectivity index (χ2n) is 5.45. The van der Waals surface area contributed by atoms with Crippen molar-refractivity contribution in [3.05, 3.63) is 0 Å². The van der Waals surface area contributed by atoms with E-state index in [1.54, 1.807) is 0 Å². The molecule has 1 saturated carbocycles. The van der Waals surface area contributed by atoms with E-state index in [1.807, 2.05) is 13.8 Å². The number of hydrogen-bond donors (Lipinski definition) is 1. The van der Waals surface area contributed by atoms with Crippen LogP contribution in [0, 0.1) is 11.3 Å². The fourth-order valence-electron chi connectivity index (χ4n) is 1.85. The summed E-state index contributed by atoms with van der Waals surface area (Å²) in [5.74, 6) is 1.02. The second-order valence-corrected chi connectivity index (χ2v) is 6.01. The standard InChI is InChI=1S/C12H22BrNO/c1-9-4-6-10(7-5-9)14-11(15)12(2,3)8-13/h9-10H,4-8H2,1-3H3,(H,14,15). The second kappa shape index (κ2) is 5.33. The highest BCUT2D eigenvalue weighted by Crippen LogP contribution is 2.25. The fourth-order valence-corrected chi connectivity index (χ4v) is 2.10. The molecule has 0 unspecified atom stereocenters. The van der Waals surface area contributed by atoms with Gasteiger partial charge in [-0.15, -0.1) is 0 Å². The highest BCUT2D eigenvalue weighted by molar-refractivity contribution is 9.09. The highest BCUT2D eigenvalue weighted by Gasteiger charge is 2.29. The van der Waals surface area contributed by atoms with Crippen LogP contribution in [0.15, 0.2) is 0 Å². The van der Waals surface area contributed by atoms with Crippen molar-refractivity contribution in [1.82, 2.24) is 5.32 Å². The van der Waals surface area contributed by atoms with Crippen molar-refractivity contribution in [2.24, 2.45) is 11.3 Å². The van der Waals surface area contributed by atoms with Crippen molar-refractivity contribution < 1.29 is 4.79 Å². The first-order valence-corrected chi connectivity index (χ1v) is 6.95. The Kier molecular flexibility index (Phi) is 4.63. The normalized spacial score (nSPS) is 27.5. The molecule has 0 spiro atoms. The van der Waals surface area contributed by atoms with Gasteiger partial charge in [-0.1, -0.05) is 36.7 Å². The molecule has 0 heterocycles. The van der Waals surface area contributed by atoms with Crippen LogP contribution in [0.3, 0.4) is 0 Å². The molecular formula is C12H22BrNO. The lowest BCUT2D eigenvalue weighted by Crippen LogP contribution is -2.44. The maximum Gasteiger partial charge on any atom is 0.226 e. The number of rotatable bonds is 3. The van der Waals surface area contributed by atoms with Crippen LogP contribution >= 0.6 is 15.9 Å². The molecule has 0 bridgehead atoms. The Morgan fingerprint density at radius 3 is 2.33 bits per heavy atom. The van der Waals surface area contributed by atoms with E-state index in [0.717, 1.165) is 24.1 Å².